The number of nitrogens with zero attached hydrogens (tertiary/aromatic N) is 2. The van der Waals surface area contributed by atoms with Gasteiger partial charge < -0.3 is 0 Å². The van der Waals surface area contributed by atoms with Crippen molar-refractivity contribution < 1.29 is 21.6 Å². The second-order valence-electron chi connectivity index (χ2n) is 5.21. The van der Waals surface area contributed by atoms with Crippen LogP contribution in [0.1, 0.15) is 16.7 Å². The van der Waals surface area contributed by atoms with Crippen molar-refractivity contribution in [3.63, 3.8) is 0 Å². The molecule has 0 aliphatic carbocycles. The summed E-state index contributed by atoms with van der Waals surface area (Å²) in [7, 11) is -3.21. The molecule has 0 radical (unpaired) electrons. The number of sulfonamides is 1. The highest BCUT2D eigenvalue weighted by Crippen LogP contribution is 2.36. The second-order valence-corrected chi connectivity index (χ2v) is 7.66. The van der Waals surface area contributed by atoms with Gasteiger partial charge in [-0.3, -0.25) is 0 Å². The van der Waals surface area contributed by atoms with Gasteiger partial charge in [0.2, 0.25) is 10.0 Å². The standard InChI is InChI=1S/C16H12ClF3N2O2S/c1-22(10-12-4-2-11(9-21)3-5-12)25(23,24)15-7-6-13(17)8-14(15)16(18,19)20/h2-8H,10H2,1H3. The molecule has 0 amide bonds. The van der Waals surface area contributed by atoms with Gasteiger partial charge in [0.25, 0.3) is 0 Å². The third kappa shape index (κ3) is 4.31. The van der Waals surface area contributed by atoms with E-state index in [0.29, 0.717) is 17.2 Å². The van der Waals surface area contributed by atoms with Crippen molar-refractivity contribution in [2.75, 3.05) is 7.05 Å². The lowest BCUT2D eigenvalue weighted by Gasteiger charge is -2.20. The molecule has 2 aromatic carbocycles. The average Bonchev–Trinajstić information content (AvgIpc) is 2.54. The van der Waals surface area contributed by atoms with Crippen molar-refractivity contribution in [1.82, 2.24) is 4.31 Å². The van der Waals surface area contributed by atoms with Gasteiger partial charge in [-0.1, -0.05) is 23.7 Å². The number of rotatable bonds is 4. The van der Waals surface area contributed by atoms with E-state index in [9.17, 15) is 21.6 Å². The molecule has 0 aromatic heterocycles. The van der Waals surface area contributed by atoms with Gasteiger partial charge in [-0.25, -0.2) is 8.42 Å². The highest BCUT2D eigenvalue weighted by molar-refractivity contribution is 7.89. The lowest BCUT2D eigenvalue weighted by molar-refractivity contribution is -0.139. The molecule has 0 saturated heterocycles. The monoisotopic (exact) mass is 388 g/mol. The van der Waals surface area contributed by atoms with Crippen molar-refractivity contribution in [3.8, 4) is 6.07 Å². The van der Waals surface area contributed by atoms with E-state index < -0.39 is 26.7 Å². The van der Waals surface area contributed by atoms with Crippen LogP contribution in [-0.2, 0) is 22.7 Å². The predicted octanol–water partition coefficient (Wildman–Crippen LogP) is 4.05. The average molecular weight is 389 g/mol. The first-order valence-corrected chi connectivity index (χ1v) is 8.69. The van der Waals surface area contributed by atoms with Gasteiger partial charge in [-0.15, -0.1) is 0 Å². The molecule has 25 heavy (non-hydrogen) atoms. The van der Waals surface area contributed by atoms with Crippen LogP contribution < -0.4 is 0 Å². The maximum absolute atomic E-state index is 13.2. The third-order valence-electron chi connectivity index (χ3n) is 3.42. The summed E-state index contributed by atoms with van der Waals surface area (Å²) in [5.74, 6) is 0. The van der Waals surface area contributed by atoms with E-state index in [2.05, 4.69) is 0 Å². The van der Waals surface area contributed by atoms with E-state index >= 15 is 0 Å². The summed E-state index contributed by atoms with van der Waals surface area (Å²) in [6.45, 7) is -0.145. The van der Waals surface area contributed by atoms with Gasteiger partial charge in [-0.05, 0) is 35.9 Å². The minimum absolute atomic E-state index is 0.145. The Bertz CT molecular complexity index is 920. The smallest absolute Gasteiger partial charge is 0.207 e. The zero-order valence-electron chi connectivity index (χ0n) is 12.9. The van der Waals surface area contributed by atoms with Crippen LogP contribution in [0.25, 0.3) is 0 Å². The Morgan fingerprint density at radius 3 is 2.28 bits per heavy atom. The molecule has 132 valence electrons. The molecule has 4 nitrogen and oxygen atoms in total. The van der Waals surface area contributed by atoms with Crippen molar-refractivity contribution in [3.05, 3.63) is 64.2 Å². The van der Waals surface area contributed by atoms with Crippen LogP contribution in [0.5, 0.6) is 0 Å². The van der Waals surface area contributed by atoms with Gasteiger partial charge in [0, 0.05) is 18.6 Å². The number of halogens is 4. The summed E-state index contributed by atoms with van der Waals surface area (Å²) in [6.07, 6.45) is -4.86. The molecule has 0 heterocycles. The quantitative estimate of drug-likeness (QED) is 0.793. The van der Waals surface area contributed by atoms with Gasteiger partial charge in [0.05, 0.1) is 22.1 Å². The molecule has 0 unspecified atom stereocenters. The fourth-order valence-corrected chi connectivity index (χ4v) is 3.66. The zero-order valence-corrected chi connectivity index (χ0v) is 14.5. The van der Waals surface area contributed by atoms with Crippen molar-refractivity contribution in [2.24, 2.45) is 0 Å². The van der Waals surface area contributed by atoms with E-state index in [1.807, 2.05) is 6.07 Å². The van der Waals surface area contributed by atoms with Crippen LogP contribution in [0.4, 0.5) is 13.2 Å². The van der Waals surface area contributed by atoms with Crippen LogP contribution in [0, 0.1) is 11.3 Å². The molecule has 0 N–H and O–H groups in total. The van der Waals surface area contributed by atoms with Gasteiger partial charge >= 0.3 is 6.18 Å². The van der Waals surface area contributed by atoms with Crippen LogP contribution in [-0.4, -0.2) is 19.8 Å². The number of hydrogen-bond donors (Lipinski definition) is 0. The highest BCUT2D eigenvalue weighted by atomic mass is 35.5. The molecule has 0 aliphatic heterocycles. The van der Waals surface area contributed by atoms with Gasteiger partial charge in [0.15, 0.2) is 0 Å². The largest absolute Gasteiger partial charge is 0.417 e. The molecule has 2 rings (SSSR count). The molecule has 0 aliphatic rings. The molecule has 2 aromatic rings. The Labute approximate surface area is 148 Å². The fraction of sp³-hybridized carbons (Fsp3) is 0.188. The molecule has 0 bridgehead atoms. The molecule has 0 spiro atoms. The van der Waals surface area contributed by atoms with E-state index in [1.54, 1.807) is 0 Å². The van der Waals surface area contributed by atoms with E-state index in [0.717, 1.165) is 16.4 Å². The predicted molar refractivity (Wildman–Crippen MR) is 86.3 cm³/mol. The van der Waals surface area contributed by atoms with Crippen molar-refractivity contribution in [1.29, 1.82) is 5.26 Å². The SMILES string of the molecule is CN(Cc1ccc(C#N)cc1)S(=O)(=O)c1ccc(Cl)cc1C(F)(F)F. The summed E-state index contributed by atoms with van der Waals surface area (Å²) in [4.78, 5) is -0.861. The molecule has 0 atom stereocenters. The van der Waals surface area contributed by atoms with Gasteiger partial charge in [-0.2, -0.15) is 22.7 Å². The molecular weight excluding hydrogens is 377 g/mol. The first kappa shape index (κ1) is 19.2. The number of nitriles is 1. The van der Waals surface area contributed by atoms with Crippen LogP contribution in [0.15, 0.2) is 47.4 Å². The summed E-state index contributed by atoms with van der Waals surface area (Å²) in [5.41, 5.74) is -0.384. The Morgan fingerprint density at radius 1 is 1.16 bits per heavy atom. The minimum Gasteiger partial charge on any atom is -0.207 e. The molecule has 0 saturated carbocycles. The normalized spacial score (nSPS) is 12.2. The number of benzene rings is 2. The zero-order chi connectivity index (χ0) is 18.8. The lowest BCUT2D eigenvalue weighted by Crippen LogP contribution is -2.28. The lowest BCUT2D eigenvalue weighted by atomic mass is 10.1. The van der Waals surface area contributed by atoms with Crippen LogP contribution in [0.2, 0.25) is 5.02 Å². The summed E-state index contributed by atoms with van der Waals surface area (Å²) < 4.78 is 65.4. The summed E-state index contributed by atoms with van der Waals surface area (Å²) >= 11 is 5.58. The number of alkyl halides is 3. The molecule has 9 heteroatoms. The number of hydrogen-bond acceptors (Lipinski definition) is 3. The fourth-order valence-electron chi connectivity index (χ4n) is 2.14. The third-order valence-corrected chi connectivity index (χ3v) is 5.52. The Morgan fingerprint density at radius 2 is 1.76 bits per heavy atom. The van der Waals surface area contributed by atoms with Crippen LogP contribution >= 0.6 is 11.6 Å². The Kier molecular flexibility index (Phi) is 5.42. The Hall–Kier alpha value is -2.08. The first-order valence-electron chi connectivity index (χ1n) is 6.88. The maximum Gasteiger partial charge on any atom is 0.417 e. The van der Waals surface area contributed by atoms with Crippen LogP contribution in [0.3, 0.4) is 0 Å². The van der Waals surface area contributed by atoms with Crippen molar-refractivity contribution >= 4 is 21.6 Å². The minimum atomic E-state index is -4.86. The summed E-state index contributed by atoms with van der Waals surface area (Å²) in [6, 6.07) is 10.5. The van der Waals surface area contributed by atoms with E-state index in [-0.39, 0.29) is 11.6 Å². The van der Waals surface area contributed by atoms with Gasteiger partial charge in [0.1, 0.15) is 0 Å². The molecule has 0 fully saturated rings. The second kappa shape index (κ2) is 7.04. The van der Waals surface area contributed by atoms with Crippen molar-refractivity contribution in [2.45, 2.75) is 17.6 Å². The Balaban J connectivity index is 2.39. The molecular formula is C16H12ClF3N2O2S. The highest BCUT2D eigenvalue weighted by Gasteiger charge is 2.38. The summed E-state index contributed by atoms with van der Waals surface area (Å²) in [5, 5.41) is 8.54. The topological polar surface area (TPSA) is 61.2 Å². The van der Waals surface area contributed by atoms with E-state index in [4.69, 9.17) is 16.9 Å². The first-order chi connectivity index (χ1) is 11.6. The maximum atomic E-state index is 13.2. The van der Waals surface area contributed by atoms with E-state index in [1.165, 1.54) is 31.3 Å².